The first-order valence-electron chi connectivity index (χ1n) is 7.68. The van der Waals surface area contributed by atoms with Crippen LogP contribution < -0.4 is 11.1 Å². The molecule has 1 aliphatic carbocycles. The number of nitrogens with two attached hydrogens (primary N) is 1. The van der Waals surface area contributed by atoms with E-state index < -0.39 is 0 Å². The van der Waals surface area contributed by atoms with E-state index in [0.717, 1.165) is 29.8 Å². The highest BCUT2D eigenvalue weighted by molar-refractivity contribution is 6.31. The molecule has 116 valence electrons. The first-order chi connectivity index (χ1) is 9.95. The molecule has 3 N–H and O–H groups in total. The number of carbonyl (C=O) groups excluding carboxylic acids is 1. The molecule has 3 nitrogen and oxygen atoms in total. The summed E-state index contributed by atoms with van der Waals surface area (Å²) < 4.78 is 0. The van der Waals surface area contributed by atoms with Gasteiger partial charge < -0.3 is 11.1 Å². The zero-order chi connectivity index (χ0) is 15.5. The molecule has 0 aliphatic heterocycles. The normalized spacial score (nSPS) is 22.3. The molecule has 1 saturated carbocycles. The van der Waals surface area contributed by atoms with Crippen molar-refractivity contribution < 1.29 is 4.79 Å². The summed E-state index contributed by atoms with van der Waals surface area (Å²) in [7, 11) is 0. The smallest absolute Gasteiger partial charge is 0.223 e. The van der Waals surface area contributed by atoms with Gasteiger partial charge in [0.1, 0.15) is 0 Å². The highest BCUT2D eigenvalue weighted by Gasteiger charge is 2.33. The molecule has 0 spiro atoms. The van der Waals surface area contributed by atoms with Crippen molar-refractivity contribution in [3.8, 4) is 0 Å². The predicted molar refractivity (Wildman–Crippen MR) is 87.4 cm³/mol. The standard InChI is InChI=1S/C17H25ClN2O/c1-17(2,14-8-3-4-9-15(14)18)11-20-16(21)13-7-5-6-12(13)10-19/h3-4,8-9,12-13H,5-7,10-11,19H2,1-2H3,(H,20,21)/t12-,13-/m1/s1. The number of amides is 1. The van der Waals surface area contributed by atoms with Crippen molar-refractivity contribution in [2.45, 2.75) is 38.5 Å². The molecular formula is C17H25ClN2O. The maximum atomic E-state index is 12.4. The second kappa shape index (κ2) is 6.80. The third kappa shape index (κ3) is 3.78. The van der Waals surface area contributed by atoms with Crippen molar-refractivity contribution in [2.24, 2.45) is 17.6 Å². The summed E-state index contributed by atoms with van der Waals surface area (Å²) in [6.07, 6.45) is 3.14. The molecule has 0 unspecified atom stereocenters. The second-order valence-electron chi connectivity index (χ2n) is 6.61. The van der Waals surface area contributed by atoms with Crippen molar-refractivity contribution >= 4 is 17.5 Å². The van der Waals surface area contributed by atoms with Gasteiger partial charge in [-0.15, -0.1) is 0 Å². The lowest BCUT2D eigenvalue weighted by atomic mass is 9.84. The molecule has 1 aliphatic rings. The zero-order valence-electron chi connectivity index (χ0n) is 12.9. The van der Waals surface area contributed by atoms with Gasteiger partial charge in [-0.1, -0.05) is 50.1 Å². The number of rotatable bonds is 5. The summed E-state index contributed by atoms with van der Waals surface area (Å²) in [5.41, 5.74) is 6.63. The number of halogens is 1. The van der Waals surface area contributed by atoms with E-state index in [1.54, 1.807) is 0 Å². The van der Waals surface area contributed by atoms with Gasteiger partial charge in [-0.25, -0.2) is 0 Å². The van der Waals surface area contributed by atoms with Crippen LogP contribution in [0.2, 0.25) is 5.02 Å². The lowest BCUT2D eigenvalue weighted by Gasteiger charge is -2.28. The van der Waals surface area contributed by atoms with Crippen LogP contribution in [0.15, 0.2) is 24.3 Å². The van der Waals surface area contributed by atoms with E-state index in [4.69, 9.17) is 17.3 Å². The van der Waals surface area contributed by atoms with E-state index in [-0.39, 0.29) is 17.2 Å². The lowest BCUT2D eigenvalue weighted by molar-refractivity contribution is -0.126. The maximum absolute atomic E-state index is 12.4. The minimum atomic E-state index is -0.190. The molecule has 21 heavy (non-hydrogen) atoms. The van der Waals surface area contributed by atoms with Crippen LogP contribution in [0.1, 0.15) is 38.7 Å². The summed E-state index contributed by atoms with van der Waals surface area (Å²) in [6.45, 7) is 5.39. The number of hydrogen-bond acceptors (Lipinski definition) is 2. The third-order valence-corrected chi connectivity index (χ3v) is 4.94. The zero-order valence-corrected chi connectivity index (χ0v) is 13.6. The van der Waals surface area contributed by atoms with Gasteiger partial charge in [0.25, 0.3) is 0 Å². The van der Waals surface area contributed by atoms with Gasteiger partial charge >= 0.3 is 0 Å². The van der Waals surface area contributed by atoms with Crippen LogP contribution in [0.5, 0.6) is 0 Å². The second-order valence-corrected chi connectivity index (χ2v) is 7.02. The Hall–Kier alpha value is -1.06. The topological polar surface area (TPSA) is 55.1 Å². The molecule has 0 radical (unpaired) electrons. The molecule has 0 saturated heterocycles. The van der Waals surface area contributed by atoms with Gasteiger partial charge in [0.15, 0.2) is 0 Å². The minimum Gasteiger partial charge on any atom is -0.355 e. The Balaban J connectivity index is 1.98. The van der Waals surface area contributed by atoms with Gasteiger partial charge in [0.05, 0.1) is 0 Å². The van der Waals surface area contributed by atoms with E-state index in [9.17, 15) is 4.79 Å². The molecule has 4 heteroatoms. The Morgan fingerprint density at radius 2 is 2.10 bits per heavy atom. The Morgan fingerprint density at radius 3 is 2.76 bits per heavy atom. The number of benzene rings is 1. The molecule has 0 bridgehead atoms. The average Bonchev–Trinajstić information content (AvgIpc) is 2.93. The first kappa shape index (κ1) is 16.3. The fourth-order valence-electron chi connectivity index (χ4n) is 3.21. The number of carbonyl (C=O) groups is 1. The highest BCUT2D eigenvalue weighted by Crippen LogP contribution is 2.32. The van der Waals surface area contributed by atoms with Crippen molar-refractivity contribution in [3.63, 3.8) is 0 Å². The van der Waals surface area contributed by atoms with Crippen LogP contribution in [0.3, 0.4) is 0 Å². The largest absolute Gasteiger partial charge is 0.355 e. The van der Waals surface area contributed by atoms with E-state index in [0.29, 0.717) is 19.0 Å². The quantitative estimate of drug-likeness (QED) is 0.878. The fourth-order valence-corrected chi connectivity index (χ4v) is 3.60. The Bertz CT molecular complexity index is 501. The Kier molecular flexibility index (Phi) is 5.28. The fraction of sp³-hybridized carbons (Fsp3) is 0.588. The van der Waals surface area contributed by atoms with Crippen LogP contribution in [-0.2, 0) is 10.2 Å². The van der Waals surface area contributed by atoms with Crippen molar-refractivity contribution in [1.82, 2.24) is 5.32 Å². The molecular weight excluding hydrogens is 284 g/mol. The average molecular weight is 309 g/mol. The predicted octanol–water partition coefficient (Wildman–Crippen LogP) is 3.11. The molecule has 0 heterocycles. The van der Waals surface area contributed by atoms with Crippen LogP contribution in [-0.4, -0.2) is 19.0 Å². The summed E-state index contributed by atoms with van der Waals surface area (Å²) in [6, 6.07) is 7.81. The molecule has 1 aromatic carbocycles. The third-order valence-electron chi connectivity index (χ3n) is 4.61. The number of nitrogens with one attached hydrogen (secondary N) is 1. The minimum absolute atomic E-state index is 0.0806. The van der Waals surface area contributed by atoms with E-state index >= 15 is 0 Å². The van der Waals surface area contributed by atoms with Gasteiger partial charge in [0.2, 0.25) is 5.91 Å². The summed E-state index contributed by atoms with van der Waals surface area (Å²) in [5, 5.41) is 3.85. The van der Waals surface area contributed by atoms with Crippen molar-refractivity contribution in [3.05, 3.63) is 34.9 Å². The summed E-state index contributed by atoms with van der Waals surface area (Å²) in [4.78, 5) is 12.4. The van der Waals surface area contributed by atoms with Crippen LogP contribution in [0.4, 0.5) is 0 Å². The van der Waals surface area contributed by atoms with Gasteiger partial charge in [-0.05, 0) is 36.9 Å². The van der Waals surface area contributed by atoms with E-state index in [1.165, 1.54) is 0 Å². The number of hydrogen-bond donors (Lipinski definition) is 2. The Morgan fingerprint density at radius 1 is 1.38 bits per heavy atom. The van der Waals surface area contributed by atoms with Crippen LogP contribution >= 0.6 is 11.6 Å². The molecule has 2 atom stereocenters. The SMILES string of the molecule is CC(C)(CNC(=O)[C@@H]1CCC[C@@H]1CN)c1ccccc1Cl. The molecule has 1 aromatic rings. The molecule has 0 aromatic heterocycles. The van der Waals surface area contributed by atoms with E-state index in [1.807, 2.05) is 24.3 Å². The van der Waals surface area contributed by atoms with Crippen molar-refractivity contribution in [1.29, 1.82) is 0 Å². The molecule has 2 rings (SSSR count). The monoisotopic (exact) mass is 308 g/mol. The van der Waals surface area contributed by atoms with E-state index in [2.05, 4.69) is 19.2 Å². The summed E-state index contributed by atoms with van der Waals surface area (Å²) >= 11 is 6.27. The van der Waals surface area contributed by atoms with Gasteiger partial charge in [0, 0.05) is 22.9 Å². The van der Waals surface area contributed by atoms with Gasteiger partial charge in [-0.2, -0.15) is 0 Å². The highest BCUT2D eigenvalue weighted by atomic mass is 35.5. The first-order valence-corrected chi connectivity index (χ1v) is 8.06. The van der Waals surface area contributed by atoms with Crippen molar-refractivity contribution in [2.75, 3.05) is 13.1 Å². The van der Waals surface area contributed by atoms with Crippen LogP contribution in [0, 0.1) is 11.8 Å². The lowest BCUT2D eigenvalue weighted by Crippen LogP contribution is -2.41. The molecule has 1 amide bonds. The maximum Gasteiger partial charge on any atom is 0.223 e. The summed E-state index contributed by atoms with van der Waals surface area (Å²) in [5.74, 6) is 0.563. The van der Waals surface area contributed by atoms with Crippen LogP contribution in [0.25, 0.3) is 0 Å². The molecule has 1 fully saturated rings. The Labute approximate surface area is 132 Å². The van der Waals surface area contributed by atoms with Gasteiger partial charge in [-0.3, -0.25) is 4.79 Å².